The van der Waals surface area contributed by atoms with Crippen molar-refractivity contribution in [2.45, 2.75) is 4.90 Å². The van der Waals surface area contributed by atoms with Crippen LogP contribution in [0, 0.1) is 0 Å². The average Bonchev–Trinajstić information content (AvgIpc) is 2.68. The van der Waals surface area contributed by atoms with Gasteiger partial charge in [0, 0.05) is 36.0 Å². The first-order valence-electron chi connectivity index (χ1n) is 8.26. The molecule has 4 rings (SSSR count). The van der Waals surface area contributed by atoms with Gasteiger partial charge in [-0.15, -0.1) is 0 Å². The monoisotopic (exact) mass is 432 g/mol. The lowest BCUT2D eigenvalue weighted by Crippen LogP contribution is -2.49. The third-order valence-electron chi connectivity index (χ3n) is 4.50. The van der Waals surface area contributed by atoms with Crippen molar-refractivity contribution in [1.82, 2.24) is 14.3 Å². The number of rotatable bonds is 3. The number of halogens is 1. The van der Waals surface area contributed by atoms with Crippen molar-refractivity contribution in [2.24, 2.45) is 0 Å². The molecule has 0 radical (unpaired) electrons. The van der Waals surface area contributed by atoms with Gasteiger partial charge in [0.1, 0.15) is 12.1 Å². The van der Waals surface area contributed by atoms with E-state index in [0.717, 1.165) is 21.2 Å². The van der Waals surface area contributed by atoms with E-state index < -0.39 is 10.0 Å². The second kappa shape index (κ2) is 6.94. The maximum Gasteiger partial charge on any atom is 0.243 e. The van der Waals surface area contributed by atoms with E-state index in [-0.39, 0.29) is 0 Å². The van der Waals surface area contributed by atoms with Gasteiger partial charge < -0.3 is 4.90 Å². The molecule has 2 heterocycles. The summed E-state index contributed by atoms with van der Waals surface area (Å²) in [6.07, 6.45) is 1.55. The van der Waals surface area contributed by atoms with E-state index in [2.05, 4.69) is 30.8 Å². The summed E-state index contributed by atoms with van der Waals surface area (Å²) in [6.45, 7) is 2.03. The standard InChI is InChI=1S/C18H17BrN4O2S/c19-14-6-7-17-16(12-14)18(21-13-20-17)22-8-10-23(11-9-22)26(24,25)15-4-2-1-3-5-15/h1-7,12-13H,8-11H2. The van der Waals surface area contributed by atoms with Crippen LogP contribution in [-0.4, -0.2) is 48.9 Å². The molecule has 8 heteroatoms. The van der Waals surface area contributed by atoms with Crippen molar-refractivity contribution in [3.8, 4) is 0 Å². The Bertz CT molecular complexity index is 1040. The highest BCUT2D eigenvalue weighted by Gasteiger charge is 2.29. The first-order chi connectivity index (χ1) is 12.6. The molecular formula is C18H17BrN4O2S. The third kappa shape index (κ3) is 3.20. The number of hydrogen-bond donors (Lipinski definition) is 0. The predicted octanol–water partition coefficient (Wildman–Crippen LogP) is 2.90. The second-order valence-electron chi connectivity index (χ2n) is 6.06. The van der Waals surface area contributed by atoms with Crippen molar-refractivity contribution < 1.29 is 8.42 Å². The van der Waals surface area contributed by atoms with Gasteiger partial charge in [-0.05, 0) is 30.3 Å². The second-order valence-corrected chi connectivity index (χ2v) is 8.92. The van der Waals surface area contributed by atoms with Crippen LogP contribution in [0.3, 0.4) is 0 Å². The first kappa shape index (κ1) is 17.4. The van der Waals surface area contributed by atoms with Crippen molar-refractivity contribution in [3.63, 3.8) is 0 Å². The molecule has 1 aliphatic heterocycles. The zero-order valence-electron chi connectivity index (χ0n) is 13.9. The molecule has 2 aromatic carbocycles. The number of fused-ring (bicyclic) bond motifs is 1. The van der Waals surface area contributed by atoms with E-state index in [4.69, 9.17) is 0 Å². The number of aromatic nitrogens is 2. The maximum atomic E-state index is 12.8. The molecule has 0 spiro atoms. The summed E-state index contributed by atoms with van der Waals surface area (Å²) < 4.78 is 28.0. The number of hydrogen-bond acceptors (Lipinski definition) is 5. The quantitative estimate of drug-likeness (QED) is 0.636. The molecule has 1 aromatic heterocycles. The first-order valence-corrected chi connectivity index (χ1v) is 10.5. The Labute approximate surface area is 160 Å². The molecule has 26 heavy (non-hydrogen) atoms. The van der Waals surface area contributed by atoms with Crippen LogP contribution in [0.15, 0.2) is 64.2 Å². The van der Waals surface area contributed by atoms with Gasteiger partial charge in [-0.1, -0.05) is 34.1 Å². The summed E-state index contributed by atoms with van der Waals surface area (Å²) in [5.41, 5.74) is 0.873. The lowest BCUT2D eigenvalue weighted by atomic mass is 10.2. The molecule has 1 saturated heterocycles. The lowest BCUT2D eigenvalue weighted by molar-refractivity contribution is 0.384. The van der Waals surface area contributed by atoms with Crippen molar-refractivity contribution in [2.75, 3.05) is 31.1 Å². The number of sulfonamides is 1. The van der Waals surface area contributed by atoms with Crippen LogP contribution in [0.25, 0.3) is 10.9 Å². The highest BCUT2D eigenvalue weighted by Crippen LogP contribution is 2.27. The zero-order chi connectivity index (χ0) is 18.1. The van der Waals surface area contributed by atoms with E-state index in [1.807, 2.05) is 24.3 Å². The fourth-order valence-corrected chi connectivity index (χ4v) is 4.95. The fraction of sp³-hybridized carbons (Fsp3) is 0.222. The molecule has 0 bridgehead atoms. The molecule has 3 aromatic rings. The molecule has 0 atom stereocenters. The Morgan fingerprint density at radius 1 is 0.923 bits per heavy atom. The lowest BCUT2D eigenvalue weighted by Gasteiger charge is -2.35. The predicted molar refractivity (Wildman–Crippen MR) is 105 cm³/mol. The summed E-state index contributed by atoms with van der Waals surface area (Å²) >= 11 is 3.49. The number of nitrogens with zero attached hydrogens (tertiary/aromatic N) is 4. The minimum atomic E-state index is -3.45. The molecule has 0 amide bonds. The minimum Gasteiger partial charge on any atom is -0.353 e. The SMILES string of the molecule is O=S(=O)(c1ccccc1)N1CCN(c2ncnc3ccc(Br)cc23)CC1. The summed E-state index contributed by atoms with van der Waals surface area (Å²) in [7, 11) is -3.45. The Morgan fingerprint density at radius 2 is 1.65 bits per heavy atom. The van der Waals surface area contributed by atoms with E-state index in [1.54, 1.807) is 30.6 Å². The number of anilines is 1. The van der Waals surface area contributed by atoms with E-state index in [1.165, 1.54) is 4.31 Å². The smallest absolute Gasteiger partial charge is 0.243 e. The molecule has 1 aliphatic rings. The van der Waals surface area contributed by atoms with E-state index in [9.17, 15) is 8.42 Å². The summed E-state index contributed by atoms with van der Waals surface area (Å²) in [5.74, 6) is 0.841. The van der Waals surface area contributed by atoms with Crippen molar-refractivity contribution >= 4 is 42.7 Å². The molecule has 1 fully saturated rings. The van der Waals surface area contributed by atoms with Crippen molar-refractivity contribution in [3.05, 3.63) is 59.3 Å². The van der Waals surface area contributed by atoms with Crippen LogP contribution in [0.4, 0.5) is 5.82 Å². The normalized spacial score (nSPS) is 16.1. The van der Waals surface area contributed by atoms with Gasteiger partial charge in [-0.2, -0.15) is 4.31 Å². The molecular weight excluding hydrogens is 416 g/mol. The topological polar surface area (TPSA) is 66.4 Å². The number of benzene rings is 2. The summed E-state index contributed by atoms with van der Waals surface area (Å²) in [6, 6.07) is 14.5. The Balaban J connectivity index is 1.57. The zero-order valence-corrected chi connectivity index (χ0v) is 16.3. The fourth-order valence-electron chi connectivity index (χ4n) is 3.15. The maximum absolute atomic E-state index is 12.8. The van der Waals surface area contributed by atoms with Crippen LogP contribution < -0.4 is 4.90 Å². The van der Waals surface area contributed by atoms with Crippen LogP contribution in [0.5, 0.6) is 0 Å². The molecule has 0 aliphatic carbocycles. The van der Waals surface area contributed by atoms with Crippen LogP contribution in [0.2, 0.25) is 0 Å². The average molecular weight is 433 g/mol. The minimum absolute atomic E-state index is 0.338. The third-order valence-corrected chi connectivity index (χ3v) is 6.90. The van der Waals surface area contributed by atoms with Crippen LogP contribution >= 0.6 is 15.9 Å². The molecule has 0 N–H and O–H groups in total. The Kier molecular flexibility index (Phi) is 4.64. The highest BCUT2D eigenvalue weighted by molar-refractivity contribution is 9.10. The van der Waals surface area contributed by atoms with Crippen molar-refractivity contribution in [1.29, 1.82) is 0 Å². The Hall–Kier alpha value is -2.03. The molecule has 6 nitrogen and oxygen atoms in total. The highest BCUT2D eigenvalue weighted by atomic mass is 79.9. The molecule has 134 valence electrons. The summed E-state index contributed by atoms with van der Waals surface area (Å²) in [5, 5.41) is 0.959. The van der Waals surface area contributed by atoms with E-state index in [0.29, 0.717) is 31.1 Å². The van der Waals surface area contributed by atoms with Gasteiger partial charge >= 0.3 is 0 Å². The van der Waals surface area contributed by atoms with Gasteiger partial charge in [-0.3, -0.25) is 0 Å². The van der Waals surface area contributed by atoms with Crippen LogP contribution in [-0.2, 0) is 10.0 Å². The van der Waals surface area contributed by atoms with Gasteiger partial charge in [0.2, 0.25) is 10.0 Å². The van der Waals surface area contributed by atoms with Gasteiger partial charge in [-0.25, -0.2) is 18.4 Å². The van der Waals surface area contributed by atoms with Crippen LogP contribution in [0.1, 0.15) is 0 Å². The van der Waals surface area contributed by atoms with Gasteiger partial charge in [0.05, 0.1) is 10.4 Å². The van der Waals surface area contributed by atoms with Gasteiger partial charge in [0.25, 0.3) is 0 Å². The largest absolute Gasteiger partial charge is 0.353 e. The molecule has 0 unspecified atom stereocenters. The molecule has 0 saturated carbocycles. The van der Waals surface area contributed by atoms with E-state index >= 15 is 0 Å². The van der Waals surface area contributed by atoms with Gasteiger partial charge in [0.15, 0.2) is 0 Å². The summed E-state index contributed by atoms with van der Waals surface area (Å²) in [4.78, 5) is 11.2. The Morgan fingerprint density at radius 3 is 2.38 bits per heavy atom. The number of piperazine rings is 1.